The van der Waals surface area contributed by atoms with Crippen molar-refractivity contribution in [3.05, 3.63) is 64.4 Å². The number of rotatable bonds is 5. The van der Waals surface area contributed by atoms with Crippen molar-refractivity contribution in [2.75, 3.05) is 25.0 Å². The van der Waals surface area contributed by atoms with Crippen LogP contribution in [0.5, 0.6) is 0 Å². The second-order valence-corrected chi connectivity index (χ2v) is 7.50. The number of aliphatic hydroxyl groups is 2. The Balaban J connectivity index is 1.69. The molecule has 30 heavy (non-hydrogen) atoms. The van der Waals surface area contributed by atoms with Crippen LogP contribution in [0.15, 0.2) is 42.6 Å². The highest BCUT2D eigenvalue weighted by Gasteiger charge is 2.40. The quantitative estimate of drug-likeness (QED) is 0.664. The minimum absolute atomic E-state index is 0.0149. The lowest BCUT2D eigenvalue weighted by molar-refractivity contribution is -0.131. The molecule has 160 valence electrons. The number of hydrogen-bond donors (Lipinski definition) is 3. The molecular formula is C21H22ClF2N3O3. The molecule has 1 aliphatic rings. The van der Waals surface area contributed by atoms with Crippen molar-refractivity contribution in [3.8, 4) is 0 Å². The van der Waals surface area contributed by atoms with Crippen LogP contribution in [0.25, 0.3) is 5.57 Å². The standard InChI is InChI=1S/C21H22ClF2N3O3/c1-13-2-4-16(5-3-13)26-20(30)27-8-6-14(7-9-27)19-17(22)10-15(11-25-19)21(23,24)18(29)12-28/h2-6,10-11,18,28-29H,7-9,12H2,1H3,(H,26,30)/t18-/m0/s1. The van der Waals surface area contributed by atoms with E-state index in [4.69, 9.17) is 16.7 Å². The Morgan fingerprint density at radius 1 is 1.37 bits per heavy atom. The maximum absolute atomic E-state index is 14.1. The van der Waals surface area contributed by atoms with Crippen molar-refractivity contribution in [3.63, 3.8) is 0 Å². The van der Waals surface area contributed by atoms with Crippen LogP contribution < -0.4 is 5.32 Å². The van der Waals surface area contributed by atoms with Gasteiger partial charge in [-0.25, -0.2) is 4.79 Å². The first-order chi connectivity index (χ1) is 14.2. The van der Waals surface area contributed by atoms with E-state index in [0.717, 1.165) is 23.4 Å². The Kier molecular flexibility index (Phi) is 6.70. The number of anilines is 1. The molecule has 0 bridgehead atoms. The van der Waals surface area contributed by atoms with Gasteiger partial charge in [-0.15, -0.1) is 0 Å². The summed E-state index contributed by atoms with van der Waals surface area (Å²) in [7, 11) is 0. The molecular weight excluding hydrogens is 416 g/mol. The van der Waals surface area contributed by atoms with Gasteiger partial charge in [0.2, 0.25) is 0 Å². The van der Waals surface area contributed by atoms with Crippen LogP contribution >= 0.6 is 11.6 Å². The van der Waals surface area contributed by atoms with Crippen LogP contribution in [-0.2, 0) is 5.92 Å². The van der Waals surface area contributed by atoms with E-state index in [2.05, 4.69) is 10.3 Å². The summed E-state index contributed by atoms with van der Waals surface area (Å²) in [6.45, 7) is 1.62. The number of aliphatic hydroxyl groups excluding tert-OH is 2. The van der Waals surface area contributed by atoms with Gasteiger partial charge < -0.3 is 20.4 Å². The largest absolute Gasteiger partial charge is 0.393 e. The molecule has 3 rings (SSSR count). The highest BCUT2D eigenvalue weighted by molar-refractivity contribution is 6.32. The number of nitrogens with one attached hydrogen (secondary N) is 1. The summed E-state index contributed by atoms with van der Waals surface area (Å²) >= 11 is 6.16. The second kappa shape index (κ2) is 9.07. The number of carbonyl (C=O) groups is 1. The summed E-state index contributed by atoms with van der Waals surface area (Å²) in [4.78, 5) is 18.1. The lowest BCUT2D eigenvalue weighted by atomic mass is 10.0. The predicted octanol–water partition coefficient (Wildman–Crippen LogP) is 3.81. The summed E-state index contributed by atoms with van der Waals surface area (Å²) in [6, 6.07) is 8.27. The SMILES string of the molecule is Cc1ccc(NC(=O)N2CC=C(c3ncc(C(F)(F)[C@@H](O)CO)cc3Cl)CC2)cc1. The summed E-state index contributed by atoms with van der Waals surface area (Å²) in [6.07, 6.45) is 0.948. The zero-order chi connectivity index (χ0) is 21.9. The number of halogens is 3. The maximum atomic E-state index is 14.1. The Morgan fingerprint density at radius 3 is 2.63 bits per heavy atom. The topological polar surface area (TPSA) is 85.7 Å². The number of pyridine rings is 1. The summed E-state index contributed by atoms with van der Waals surface area (Å²) < 4.78 is 28.1. The van der Waals surface area contributed by atoms with Crippen LogP contribution in [-0.4, -0.2) is 51.9 Å². The highest BCUT2D eigenvalue weighted by Crippen LogP contribution is 2.35. The zero-order valence-electron chi connectivity index (χ0n) is 16.3. The molecule has 3 N–H and O–H groups in total. The molecule has 0 saturated carbocycles. The Hall–Kier alpha value is -2.55. The normalized spacial score (nSPS) is 15.5. The van der Waals surface area contributed by atoms with Gasteiger partial charge in [-0.2, -0.15) is 8.78 Å². The van der Waals surface area contributed by atoms with E-state index in [1.807, 2.05) is 31.2 Å². The molecule has 9 heteroatoms. The third kappa shape index (κ3) is 4.77. The molecule has 2 amide bonds. The fraction of sp³-hybridized carbons (Fsp3) is 0.333. The van der Waals surface area contributed by atoms with Gasteiger partial charge in [0, 0.05) is 30.5 Å². The summed E-state index contributed by atoms with van der Waals surface area (Å²) in [5.74, 6) is -3.67. The number of carbonyl (C=O) groups excluding carboxylic acids is 1. The van der Waals surface area contributed by atoms with Gasteiger partial charge >= 0.3 is 12.0 Å². The summed E-state index contributed by atoms with van der Waals surface area (Å²) in [5.41, 5.74) is 2.32. The number of amides is 2. The molecule has 2 aromatic rings. The van der Waals surface area contributed by atoms with E-state index in [1.54, 1.807) is 11.0 Å². The molecule has 0 unspecified atom stereocenters. The van der Waals surface area contributed by atoms with Crippen molar-refractivity contribution >= 4 is 28.9 Å². The average molecular weight is 438 g/mol. The van der Waals surface area contributed by atoms with Gasteiger partial charge in [-0.1, -0.05) is 35.4 Å². The van der Waals surface area contributed by atoms with E-state index in [-0.39, 0.29) is 11.1 Å². The first-order valence-corrected chi connectivity index (χ1v) is 9.75. The molecule has 0 fully saturated rings. The van der Waals surface area contributed by atoms with E-state index in [9.17, 15) is 18.7 Å². The zero-order valence-corrected chi connectivity index (χ0v) is 17.0. The van der Waals surface area contributed by atoms with E-state index in [1.165, 1.54) is 0 Å². The molecule has 1 aromatic carbocycles. The predicted molar refractivity (Wildman–Crippen MR) is 111 cm³/mol. The fourth-order valence-corrected chi connectivity index (χ4v) is 3.36. The van der Waals surface area contributed by atoms with Crippen LogP contribution in [0.2, 0.25) is 5.02 Å². The number of hydrogen-bond acceptors (Lipinski definition) is 4. The van der Waals surface area contributed by atoms with Crippen molar-refractivity contribution in [1.29, 1.82) is 0 Å². The van der Waals surface area contributed by atoms with Gasteiger partial charge in [0.05, 0.1) is 17.3 Å². The third-order valence-electron chi connectivity index (χ3n) is 4.92. The number of benzene rings is 1. The number of alkyl halides is 2. The molecule has 1 aromatic heterocycles. The van der Waals surface area contributed by atoms with Crippen LogP contribution in [0.4, 0.5) is 19.3 Å². The molecule has 0 spiro atoms. The average Bonchev–Trinajstić information content (AvgIpc) is 2.74. The monoisotopic (exact) mass is 437 g/mol. The lowest BCUT2D eigenvalue weighted by Crippen LogP contribution is -2.38. The fourth-order valence-electron chi connectivity index (χ4n) is 3.07. The van der Waals surface area contributed by atoms with Gasteiger partial charge in [0.25, 0.3) is 0 Å². The number of aryl methyl sites for hydroxylation is 1. The molecule has 1 aliphatic heterocycles. The van der Waals surface area contributed by atoms with Gasteiger partial charge in [0.15, 0.2) is 0 Å². The molecule has 2 heterocycles. The third-order valence-corrected chi connectivity index (χ3v) is 5.21. The second-order valence-electron chi connectivity index (χ2n) is 7.10. The smallest absolute Gasteiger partial charge is 0.322 e. The Bertz CT molecular complexity index is 951. The van der Waals surface area contributed by atoms with Gasteiger partial charge in [-0.3, -0.25) is 4.98 Å². The van der Waals surface area contributed by atoms with Crippen LogP contribution in [0, 0.1) is 6.92 Å². The van der Waals surface area contributed by atoms with Gasteiger partial charge in [-0.05, 0) is 37.1 Å². The lowest BCUT2D eigenvalue weighted by Gasteiger charge is -2.27. The van der Waals surface area contributed by atoms with Crippen molar-refractivity contribution in [1.82, 2.24) is 9.88 Å². The van der Waals surface area contributed by atoms with Crippen LogP contribution in [0.3, 0.4) is 0 Å². The Morgan fingerprint density at radius 2 is 2.07 bits per heavy atom. The number of nitrogens with zero attached hydrogens (tertiary/aromatic N) is 2. The Labute approximate surface area is 177 Å². The van der Waals surface area contributed by atoms with E-state index < -0.39 is 24.2 Å². The minimum atomic E-state index is -3.67. The minimum Gasteiger partial charge on any atom is -0.393 e. The number of urea groups is 1. The summed E-state index contributed by atoms with van der Waals surface area (Å²) in [5, 5.41) is 21.0. The van der Waals surface area contributed by atoms with Crippen molar-refractivity contribution in [2.45, 2.75) is 25.4 Å². The maximum Gasteiger partial charge on any atom is 0.322 e. The van der Waals surface area contributed by atoms with E-state index >= 15 is 0 Å². The number of aromatic nitrogens is 1. The van der Waals surface area contributed by atoms with E-state index in [0.29, 0.717) is 30.9 Å². The molecule has 0 aliphatic carbocycles. The van der Waals surface area contributed by atoms with Crippen molar-refractivity contribution < 1.29 is 23.8 Å². The molecule has 1 atom stereocenters. The van der Waals surface area contributed by atoms with Crippen molar-refractivity contribution in [2.24, 2.45) is 0 Å². The first-order valence-electron chi connectivity index (χ1n) is 9.37. The highest BCUT2D eigenvalue weighted by atomic mass is 35.5. The first kappa shape index (κ1) is 22.1. The van der Waals surface area contributed by atoms with Gasteiger partial charge in [0.1, 0.15) is 6.10 Å². The van der Waals surface area contributed by atoms with Crippen LogP contribution in [0.1, 0.15) is 23.2 Å². The molecule has 0 saturated heterocycles. The molecule has 0 radical (unpaired) electrons. The molecule has 6 nitrogen and oxygen atoms in total.